The number of hydrogen-bond donors (Lipinski definition) is 1. The summed E-state index contributed by atoms with van der Waals surface area (Å²) in [6.45, 7) is 1.21. The highest BCUT2D eigenvalue weighted by molar-refractivity contribution is 9.10. The van der Waals surface area contributed by atoms with E-state index >= 15 is 0 Å². The first kappa shape index (κ1) is 27.2. The Labute approximate surface area is 220 Å². The van der Waals surface area contributed by atoms with E-state index in [2.05, 4.69) is 21.2 Å². The van der Waals surface area contributed by atoms with Gasteiger partial charge < -0.3 is 15.0 Å². The molecule has 0 spiro atoms. The molecule has 0 aliphatic heterocycles. The van der Waals surface area contributed by atoms with Gasteiger partial charge in [-0.25, -0.2) is 8.42 Å². The van der Waals surface area contributed by atoms with Gasteiger partial charge in [-0.05, 0) is 48.9 Å². The smallest absolute Gasteiger partial charge is 0.264 e. The molecule has 3 aromatic rings. The minimum atomic E-state index is -4.12. The van der Waals surface area contributed by atoms with Crippen LogP contribution in [-0.4, -0.2) is 51.9 Å². The number of nitrogens with zero attached hydrogens (tertiary/aromatic N) is 2. The number of nitrogens with one attached hydrogen (secondary N) is 1. The van der Waals surface area contributed by atoms with E-state index in [1.807, 2.05) is 24.3 Å². The second-order valence-corrected chi connectivity index (χ2v) is 10.7. The first-order chi connectivity index (χ1) is 17.2. The highest BCUT2D eigenvalue weighted by Crippen LogP contribution is 2.27. The molecule has 0 aliphatic rings. The molecule has 3 aromatic carbocycles. The van der Waals surface area contributed by atoms with E-state index in [9.17, 15) is 18.0 Å². The number of ether oxygens (including phenoxy) is 1. The van der Waals surface area contributed by atoms with Crippen molar-refractivity contribution in [2.24, 2.45) is 0 Å². The summed E-state index contributed by atoms with van der Waals surface area (Å²) in [4.78, 5) is 27.6. The number of anilines is 1. The Morgan fingerprint density at radius 1 is 1.00 bits per heavy atom. The van der Waals surface area contributed by atoms with Crippen molar-refractivity contribution in [3.8, 4) is 5.75 Å². The summed E-state index contributed by atoms with van der Waals surface area (Å²) < 4.78 is 34.5. The van der Waals surface area contributed by atoms with E-state index in [-0.39, 0.29) is 23.0 Å². The van der Waals surface area contributed by atoms with Gasteiger partial charge in [-0.3, -0.25) is 13.9 Å². The van der Waals surface area contributed by atoms with Crippen LogP contribution in [0.3, 0.4) is 0 Å². The van der Waals surface area contributed by atoms with E-state index in [0.717, 1.165) is 14.3 Å². The third-order valence-corrected chi connectivity index (χ3v) is 7.89. The number of hydrogen-bond acceptors (Lipinski definition) is 5. The van der Waals surface area contributed by atoms with Gasteiger partial charge in [-0.2, -0.15) is 0 Å². The van der Waals surface area contributed by atoms with Crippen LogP contribution in [0.1, 0.15) is 12.5 Å². The molecule has 2 amide bonds. The van der Waals surface area contributed by atoms with Crippen LogP contribution in [0.2, 0.25) is 0 Å². The maximum Gasteiger partial charge on any atom is 0.264 e. The van der Waals surface area contributed by atoms with E-state index in [1.54, 1.807) is 49.4 Å². The molecule has 190 valence electrons. The van der Waals surface area contributed by atoms with E-state index in [4.69, 9.17) is 4.74 Å². The summed E-state index contributed by atoms with van der Waals surface area (Å²) in [5.74, 6) is -0.455. The van der Waals surface area contributed by atoms with Crippen LogP contribution in [0.25, 0.3) is 0 Å². The van der Waals surface area contributed by atoms with Crippen LogP contribution < -0.4 is 14.4 Å². The summed E-state index contributed by atoms with van der Waals surface area (Å²) in [5, 5.41) is 2.56. The second kappa shape index (κ2) is 12.0. The molecule has 3 rings (SSSR count). The van der Waals surface area contributed by atoms with Gasteiger partial charge in [-0.1, -0.05) is 52.3 Å². The van der Waals surface area contributed by atoms with Crippen molar-refractivity contribution in [1.82, 2.24) is 10.2 Å². The molecule has 1 atom stereocenters. The molecule has 0 aromatic heterocycles. The van der Waals surface area contributed by atoms with Crippen LogP contribution >= 0.6 is 15.9 Å². The number of sulfonamides is 1. The maximum absolute atomic E-state index is 13.7. The topological polar surface area (TPSA) is 96.0 Å². The number of rotatable bonds is 10. The molecular weight excluding hydrogens is 546 g/mol. The largest absolute Gasteiger partial charge is 0.497 e. The Kier molecular flexibility index (Phi) is 9.11. The van der Waals surface area contributed by atoms with E-state index < -0.39 is 28.5 Å². The van der Waals surface area contributed by atoms with E-state index in [1.165, 1.54) is 31.2 Å². The molecule has 0 heterocycles. The molecule has 36 heavy (non-hydrogen) atoms. The monoisotopic (exact) mass is 573 g/mol. The van der Waals surface area contributed by atoms with Crippen molar-refractivity contribution >= 4 is 43.5 Å². The van der Waals surface area contributed by atoms with Gasteiger partial charge in [0.2, 0.25) is 11.8 Å². The van der Waals surface area contributed by atoms with Crippen LogP contribution in [-0.2, 0) is 26.2 Å². The van der Waals surface area contributed by atoms with Gasteiger partial charge in [-0.15, -0.1) is 0 Å². The fourth-order valence-electron chi connectivity index (χ4n) is 3.64. The third-order valence-electron chi connectivity index (χ3n) is 5.61. The lowest BCUT2D eigenvalue weighted by atomic mass is 10.1. The van der Waals surface area contributed by atoms with Crippen LogP contribution in [0.4, 0.5) is 5.69 Å². The number of methoxy groups -OCH3 is 1. The molecule has 0 aliphatic carbocycles. The van der Waals surface area contributed by atoms with Gasteiger partial charge in [0.25, 0.3) is 10.0 Å². The summed E-state index contributed by atoms with van der Waals surface area (Å²) in [7, 11) is -1.15. The maximum atomic E-state index is 13.7. The summed E-state index contributed by atoms with van der Waals surface area (Å²) in [6, 6.07) is 20.9. The number of carbonyl (C=O) groups excluding carboxylic acids is 2. The lowest BCUT2D eigenvalue weighted by Gasteiger charge is -2.31. The van der Waals surface area contributed by atoms with Crippen molar-refractivity contribution < 1.29 is 22.7 Å². The average molecular weight is 574 g/mol. The Morgan fingerprint density at radius 2 is 1.69 bits per heavy atom. The Hall–Kier alpha value is -3.37. The quantitative estimate of drug-likeness (QED) is 0.398. The number of amides is 2. The molecule has 0 fully saturated rings. The molecule has 0 bridgehead atoms. The molecule has 10 heteroatoms. The van der Waals surface area contributed by atoms with Gasteiger partial charge in [0, 0.05) is 24.1 Å². The second-order valence-electron chi connectivity index (χ2n) is 7.97. The van der Waals surface area contributed by atoms with Crippen LogP contribution in [0.5, 0.6) is 5.75 Å². The SMILES string of the molecule is CNC(=O)C(C)N(Cc1cccc(Br)c1)C(=O)CN(c1cccc(OC)c1)S(=O)(=O)c1ccccc1. The first-order valence-electron chi connectivity index (χ1n) is 11.1. The average Bonchev–Trinajstić information content (AvgIpc) is 2.89. The predicted octanol–water partition coefficient (Wildman–Crippen LogP) is 3.82. The molecule has 0 radical (unpaired) electrons. The first-order valence-corrected chi connectivity index (χ1v) is 13.4. The van der Waals surface area contributed by atoms with Gasteiger partial charge in [0.15, 0.2) is 0 Å². The highest BCUT2D eigenvalue weighted by Gasteiger charge is 2.32. The minimum Gasteiger partial charge on any atom is -0.497 e. The van der Waals surface area contributed by atoms with Gasteiger partial charge >= 0.3 is 0 Å². The minimum absolute atomic E-state index is 0.0403. The van der Waals surface area contributed by atoms with Crippen LogP contribution in [0, 0.1) is 0 Å². The Balaban J connectivity index is 2.04. The zero-order valence-corrected chi connectivity index (χ0v) is 22.6. The Bertz CT molecular complexity index is 1320. The van der Waals surface area contributed by atoms with Crippen molar-refractivity contribution in [3.63, 3.8) is 0 Å². The zero-order valence-electron chi connectivity index (χ0n) is 20.2. The van der Waals surface area contributed by atoms with Gasteiger partial charge in [0.05, 0.1) is 17.7 Å². The molecule has 1 N–H and O–H groups in total. The predicted molar refractivity (Wildman–Crippen MR) is 142 cm³/mol. The summed E-state index contributed by atoms with van der Waals surface area (Å²) in [6.07, 6.45) is 0. The number of benzene rings is 3. The summed E-state index contributed by atoms with van der Waals surface area (Å²) >= 11 is 3.42. The van der Waals surface area contributed by atoms with Crippen molar-refractivity contribution in [3.05, 3.63) is 88.9 Å². The van der Waals surface area contributed by atoms with Gasteiger partial charge in [0.1, 0.15) is 18.3 Å². The molecule has 1 unspecified atom stereocenters. The van der Waals surface area contributed by atoms with E-state index in [0.29, 0.717) is 5.75 Å². The highest BCUT2D eigenvalue weighted by atomic mass is 79.9. The van der Waals surface area contributed by atoms with Crippen molar-refractivity contribution in [2.45, 2.75) is 24.4 Å². The summed E-state index contributed by atoms with van der Waals surface area (Å²) in [5.41, 5.74) is 1.05. The lowest BCUT2D eigenvalue weighted by molar-refractivity contribution is -0.139. The van der Waals surface area contributed by atoms with Crippen molar-refractivity contribution in [2.75, 3.05) is 25.0 Å². The molecule has 0 saturated heterocycles. The fraction of sp³-hybridized carbons (Fsp3) is 0.231. The number of likely N-dealkylation sites (N-methyl/N-ethyl adjacent to an activating group) is 1. The molecule has 8 nitrogen and oxygen atoms in total. The standard InChI is InChI=1S/C26H28BrN3O5S/c1-19(26(32)28-2)29(17-20-9-7-10-21(27)15-20)25(31)18-30(22-11-8-12-23(16-22)35-3)36(33,34)24-13-5-4-6-14-24/h4-16,19H,17-18H2,1-3H3,(H,28,32). The number of halogens is 1. The molecular formula is C26H28BrN3O5S. The lowest BCUT2D eigenvalue weighted by Crippen LogP contribution is -2.50. The normalized spacial score (nSPS) is 11.9. The Morgan fingerprint density at radius 3 is 2.33 bits per heavy atom. The third kappa shape index (κ3) is 6.44. The van der Waals surface area contributed by atoms with Crippen LogP contribution in [0.15, 0.2) is 88.2 Å². The van der Waals surface area contributed by atoms with Crippen molar-refractivity contribution in [1.29, 1.82) is 0 Å². The molecule has 0 saturated carbocycles. The number of carbonyl (C=O) groups is 2. The fourth-order valence-corrected chi connectivity index (χ4v) is 5.51. The zero-order chi connectivity index (χ0) is 26.3.